The van der Waals surface area contributed by atoms with Crippen molar-refractivity contribution in [1.82, 2.24) is 10.2 Å². The van der Waals surface area contributed by atoms with Crippen LogP contribution in [0.3, 0.4) is 0 Å². The Morgan fingerprint density at radius 3 is 2.67 bits per heavy atom. The number of hydrogen-bond acceptors (Lipinski definition) is 2. The van der Waals surface area contributed by atoms with Gasteiger partial charge in [-0.3, -0.25) is 4.79 Å². The molecule has 3 heteroatoms. The molecule has 1 unspecified atom stereocenters. The van der Waals surface area contributed by atoms with Crippen molar-refractivity contribution in [2.24, 2.45) is 5.41 Å². The Labute approximate surface area is 93.2 Å². The molecule has 0 aliphatic carbocycles. The summed E-state index contributed by atoms with van der Waals surface area (Å²) in [4.78, 5) is 14.0. The SMILES string of the molecule is CC1CNCCN1C(=O)CCC(C)(C)C. The molecule has 0 spiro atoms. The molecule has 0 aromatic heterocycles. The maximum absolute atomic E-state index is 12.0. The third-order valence-electron chi connectivity index (χ3n) is 2.91. The molecule has 0 aromatic rings. The van der Waals surface area contributed by atoms with Crippen LogP contribution in [0.5, 0.6) is 0 Å². The van der Waals surface area contributed by atoms with Crippen LogP contribution < -0.4 is 5.32 Å². The topological polar surface area (TPSA) is 32.3 Å². The maximum Gasteiger partial charge on any atom is 0.222 e. The molecule has 1 N–H and O–H groups in total. The Bertz CT molecular complexity index is 220. The largest absolute Gasteiger partial charge is 0.337 e. The lowest BCUT2D eigenvalue weighted by molar-refractivity contribution is -0.134. The number of carbonyl (C=O) groups excluding carboxylic acids is 1. The van der Waals surface area contributed by atoms with Gasteiger partial charge >= 0.3 is 0 Å². The number of piperazine rings is 1. The van der Waals surface area contributed by atoms with Gasteiger partial charge in [-0.05, 0) is 18.8 Å². The van der Waals surface area contributed by atoms with Crippen LogP contribution >= 0.6 is 0 Å². The number of rotatable bonds is 2. The van der Waals surface area contributed by atoms with Crippen LogP contribution in [0.1, 0.15) is 40.5 Å². The molecule has 88 valence electrons. The van der Waals surface area contributed by atoms with Gasteiger partial charge in [0, 0.05) is 32.1 Å². The number of amides is 1. The molecule has 0 radical (unpaired) electrons. The van der Waals surface area contributed by atoms with E-state index in [1.807, 2.05) is 4.90 Å². The highest BCUT2D eigenvalue weighted by atomic mass is 16.2. The van der Waals surface area contributed by atoms with Gasteiger partial charge in [-0.25, -0.2) is 0 Å². The summed E-state index contributed by atoms with van der Waals surface area (Å²) in [5, 5.41) is 3.30. The number of nitrogens with zero attached hydrogens (tertiary/aromatic N) is 1. The highest BCUT2D eigenvalue weighted by Crippen LogP contribution is 2.21. The Kier molecular flexibility index (Phi) is 4.14. The average Bonchev–Trinajstić information content (AvgIpc) is 2.14. The van der Waals surface area contributed by atoms with Crippen LogP contribution in [0, 0.1) is 5.41 Å². The van der Waals surface area contributed by atoms with Gasteiger partial charge in [-0.15, -0.1) is 0 Å². The Morgan fingerprint density at radius 1 is 1.47 bits per heavy atom. The first-order chi connectivity index (χ1) is 6.90. The van der Waals surface area contributed by atoms with Crippen LogP contribution in [-0.2, 0) is 4.79 Å². The first kappa shape index (κ1) is 12.5. The van der Waals surface area contributed by atoms with Gasteiger partial charge < -0.3 is 10.2 Å². The van der Waals surface area contributed by atoms with Crippen molar-refractivity contribution in [3.63, 3.8) is 0 Å². The number of hydrogen-bond donors (Lipinski definition) is 1. The fourth-order valence-corrected chi connectivity index (χ4v) is 1.84. The van der Waals surface area contributed by atoms with E-state index < -0.39 is 0 Å². The molecule has 1 amide bonds. The zero-order chi connectivity index (χ0) is 11.5. The van der Waals surface area contributed by atoms with E-state index >= 15 is 0 Å². The zero-order valence-corrected chi connectivity index (χ0v) is 10.5. The average molecular weight is 212 g/mol. The van der Waals surface area contributed by atoms with E-state index in [9.17, 15) is 4.79 Å². The van der Waals surface area contributed by atoms with E-state index in [2.05, 4.69) is 33.0 Å². The Hall–Kier alpha value is -0.570. The summed E-state index contributed by atoms with van der Waals surface area (Å²) in [5.41, 5.74) is 0.257. The first-order valence-corrected chi connectivity index (χ1v) is 5.90. The minimum Gasteiger partial charge on any atom is -0.337 e. The lowest BCUT2D eigenvalue weighted by Crippen LogP contribution is -2.52. The maximum atomic E-state index is 12.0. The molecule has 1 heterocycles. The molecule has 1 saturated heterocycles. The smallest absolute Gasteiger partial charge is 0.222 e. The minimum absolute atomic E-state index is 0.257. The molecule has 0 saturated carbocycles. The van der Waals surface area contributed by atoms with E-state index in [0.717, 1.165) is 26.1 Å². The molecular formula is C12H24N2O. The molecule has 1 aliphatic rings. The third kappa shape index (κ3) is 4.20. The van der Waals surface area contributed by atoms with E-state index in [4.69, 9.17) is 0 Å². The second-order valence-electron chi connectivity index (χ2n) is 5.70. The summed E-state index contributed by atoms with van der Waals surface area (Å²) in [6.45, 7) is 11.4. The van der Waals surface area contributed by atoms with Crippen LogP contribution in [0.25, 0.3) is 0 Å². The molecule has 15 heavy (non-hydrogen) atoms. The molecule has 0 aromatic carbocycles. The summed E-state index contributed by atoms with van der Waals surface area (Å²) < 4.78 is 0. The normalized spacial score (nSPS) is 22.9. The second-order valence-corrected chi connectivity index (χ2v) is 5.70. The minimum atomic E-state index is 0.257. The van der Waals surface area contributed by atoms with Gasteiger partial charge in [0.1, 0.15) is 0 Å². The van der Waals surface area contributed by atoms with Crippen molar-refractivity contribution in [2.75, 3.05) is 19.6 Å². The monoisotopic (exact) mass is 212 g/mol. The highest BCUT2D eigenvalue weighted by molar-refractivity contribution is 5.76. The van der Waals surface area contributed by atoms with Gasteiger partial charge in [-0.1, -0.05) is 20.8 Å². The molecule has 1 aliphatic heterocycles. The summed E-state index contributed by atoms with van der Waals surface area (Å²) in [6, 6.07) is 0.353. The predicted octanol–water partition coefficient (Wildman–Crippen LogP) is 1.63. The lowest BCUT2D eigenvalue weighted by atomic mass is 9.90. The molecular weight excluding hydrogens is 188 g/mol. The molecule has 1 fully saturated rings. The first-order valence-electron chi connectivity index (χ1n) is 5.90. The zero-order valence-electron chi connectivity index (χ0n) is 10.5. The van der Waals surface area contributed by atoms with Crippen molar-refractivity contribution in [1.29, 1.82) is 0 Å². The molecule has 1 rings (SSSR count). The van der Waals surface area contributed by atoms with Crippen molar-refractivity contribution < 1.29 is 4.79 Å². The lowest BCUT2D eigenvalue weighted by Gasteiger charge is -2.34. The standard InChI is InChI=1S/C12H24N2O/c1-10-9-13-7-8-14(10)11(15)5-6-12(2,3)4/h10,13H,5-9H2,1-4H3. The summed E-state index contributed by atoms with van der Waals surface area (Å²) in [6.07, 6.45) is 1.66. The quantitative estimate of drug-likeness (QED) is 0.754. The van der Waals surface area contributed by atoms with Gasteiger partial charge in [0.05, 0.1) is 0 Å². The van der Waals surface area contributed by atoms with E-state index in [0.29, 0.717) is 18.4 Å². The van der Waals surface area contributed by atoms with Crippen molar-refractivity contribution in [3.05, 3.63) is 0 Å². The fourth-order valence-electron chi connectivity index (χ4n) is 1.84. The van der Waals surface area contributed by atoms with E-state index in [1.165, 1.54) is 0 Å². The van der Waals surface area contributed by atoms with Gasteiger partial charge in [0.2, 0.25) is 5.91 Å². The number of carbonyl (C=O) groups is 1. The third-order valence-corrected chi connectivity index (χ3v) is 2.91. The van der Waals surface area contributed by atoms with Gasteiger partial charge in [-0.2, -0.15) is 0 Å². The van der Waals surface area contributed by atoms with Crippen LogP contribution in [-0.4, -0.2) is 36.5 Å². The van der Waals surface area contributed by atoms with Crippen LogP contribution in [0.2, 0.25) is 0 Å². The van der Waals surface area contributed by atoms with Gasteiger partial charge in [0.15, 0.2) is 0 Å². The summed E-state index contributed by atoms with van der Waals surface area (Å²) >= 11 is 0. The van der Waals surface area contributed by atoms with Crippen molar-refractivity contribution in [2.45, 2.75) is 46.6 Å². The van der Waals surface area contributed by atoms with Crippen LogP contribution in [0.15, 0.2) is 0 Å². The van der Waals surface area contributed by atoms with E-state index in [1.54, 1.807) is 0 Å². The molecule has 3 nitrogen and oxygen atoms in total. The van der Waals surface area contributed by atoms with Crippen molar-refractivity contribution >= 4 is 5.91 Å². The van der Waals surface area contributed by atoms with Crippen LogP contribution in [0.4, 0.5) is 0 Å². The molecule has 1 atom stereocenters. The number of nitrogens with one attached hydrogen (secondary N) is 1. The summed E-state index contributed by atoms with van der Waals surface area (Å²) in [5.74, 6) is 0.318. The molecule has 0 bridgehead atoms. The summed E-state index contributed by atoms with van der Waals surface area (Å²) in [7, 11) is 0. The van der Waals surface area contributed by atoms with Gasteiger partial charge in [0.25, 0.3) is 0 Å². The van der Waals surface area contributed by atoms with Crippen molar-refractivity contribution in [3.8, 4) is 0 Å². The van der Waals surface area contributed by atoms with E-state index in [-0.39, 0.29) is 5.41 Å². The second kappa shape index (κ2) is 4.97. The Balaban J connectivity index is 2.39. The Morgan fingerprint density at radius 2 is 2.13 bits per heavy atom. The fraction of sp³-hybridized carbons (Fsp3) is 0.917. The predicted molar refractivity (Wildman–Crippen MR) is 62.7 cm³/mol. The highest BCUT2D eigenvalue weighted by Gasteiger charge is 2.23.